The van der Waals surface area contributed by atoms with Crippen molar-refractivity contribution in [2.75, 3.05) is 13.1 Å². The van der Waals surface area contributed by atoms with Gasteiger partial charge in [0.15, 0.2) is 0 Å². The number of halogens is 3. The van der Waals surface area contributed by atoms with Crippen molar-refractivity contribution in [1.82, 2.24) is 20.9 Å². The number of piperidine rings is 1. The van der Waals surface area contributed by atoms with Crippen LogP contribution in [0.3, 0.4) is 0 Å². The van der Waals surface area contributed by atoms with Crippen LogP contribution in [0.25, 0.3) is 0 Å². The minimum absolute atomic E-state index is 0.0180. The number of carbonyl (C=O) groups is 4. The summed E-state index contributed by atoms with van der Waals surface area (Å²) in [5.74, 6) is -3.16. The van der Waals surface area contributed by atoms with Gasteiger partial charge in [0.05, 0.1) is 6.07 Å². The molecule has 9 nitrogen and oxygen atoms in total. The zero-order chi connectivity index (χ0) is 31.6. The summed E-state index contributed by atoms with van der Waals surface area (Å²) in [6.07, 6.45) is 2.75. The van der Waals surface area contributed by atoms with E-state index >= 15 is 0 Å². The predicted molar refractivity (Wildman–Crippen MR) is 152 cm³/mol. The van der Waals surface area contributed by atoms with Gasteiger partial charge in [0.1, 0.15) is 18.1 Å². The molecule has 11 atom stereocenters. The topological polar surface area (TPSA) is 131 Å². The van der Waals surface area contributed by atoms with Gasteiger partial charge in [-0.1, -0.05) is 26.7 Å². The van der Waals surface area contributed by atoms with Gasteiger partial charge in [-0.2, -0.15) is 18.4 Å². The molecule has 6 fully saturated rings. The third-order valence-corrected chi connectivity index (χ3v) is 12.2. The van der Waals surface area contributed by atoms with Crippen molar-refractivity contribution in [1.29, 1.82) is 5.26 Å². The molecule has 2 saturated heterocycles. The highest BCUT2D eigenvalue weighted by Gasteiger charge is 2.70. The molecule has 6 unspecified atom stereocenters. The van der Waals surface area contributed by atoms with Crippen LogP contribution in [0.15, 0.2) is 0 Å². The average Bonchev–Trinajstić information content (AvgIpc) is 3.32. The Morgan fingerprint density at radius 3 is 2.55 bits per heavy atom. The van der Waals surface area contributed by atoms with Crippen molar-refractivity contribution in [2.24, 2.45) is 52.8 Å². The number of nitriles is 1. The quantitative estimate of drug-likeness (QED) is 0.403. The van der Waals surface area contributed by atoms with Crippen LogP contribution in [0.2, 0.25) is 0 Å². The number of amides is 4. The molecular formula is C32H44F3N5O4. The van der Waals surface area contributed by atoms with E-state index in [4.69, 9.17) is 0 Å². The summed E-state index contributed by atoms with van der Waals surface area (Å²) >= 11 is 0. The fourth-order valence-electron chi connectivity index (χ4n) is 10.0. The van der Waals surface area contributed by atoms with Crippen molar-refractivity contribution >= 4 is 23.6 Å². The molecule has 3 bridgehead atoms. The smallest absolute Gasteiger partial charge is 0.356 e. The van der Waals surface area contributed by atoms with Crippen molar-refractivity contribution < 1.29 is 32.3 Å². The SMILES string of the molecule is CC1(C)[C@@H]2[C@@H](C(=O)N[C@H](C#N)C[C@@H]3CCCCNC3=O)N(C(=O)C(NC(=O)C(F)(F)F)C3CC4CC5CCC3C(C5)C4)C[C@@H]21. The maximum absolute atomic E-state index is 14.4. The molecule has 242 valence electrons. The van der Waals surface area contributed by atoms with Gasteiger partial charge in [0.2, 0.25) is 17.7 Å². The number of nitrogens with zero attached hydrogens (tertiary/aromatic N) is 2. The lowest BCUT2D eigenvalue weighted by atomic mass is 9.53. The van der Waals surface area contributed by atoms with E-state index in [1.54, 1.807) is 0 Å². The summed E-state index contributed by atoms with van der Waals surface area (Å²) in [6, 6.07) is -1.19. The Labute approximate surface area is 256 Å². The van der Waals surface area contributed by atoms with Crippen molar-refractivity contribution in [3.05, 3.63) is 0 Å². The highest BCUT2D eigenvalue weighted by atomic mass is 19.4. The number of carbonyl (C=O) groups excluding carboxylic acids is 4. The van der Waals surface area contributed by atoms with E-state index < -0.39 is 53.9 Å². The molecule has 0 aromatic rings. The lowest BCUT2D eigenvalue weighted by molar-refractivity contribution is -0.176. The molecule has 6 rings (SSSR count). The largest absolute Gasteiger partial charge is 0.471 e. The number of nitrogens with one attached hydrogen (secondary N) is 3. The van der Waals surface area contributed by atoms with Gasteiger partial charge in [-0.25, -0.2) is 0 Å². The van der Waals surface area contributed by atoms with E-state index in [0.717, 1.165) is 44.9 Å². The van der Waals surface area contributed by atoms with Gasteiger partial charge in [-0.05, 0) is 98.2 Å². The minimum Gasteiger partial charge on any atom is -0.356 e. The Hall–Kier alpha value is -2.84. The third kappa shape index (κ3) is 5.68. The van der Waals surface area contributed by atoms with Crippen LogP contribution < -0.4 is 16.0 Å². The van der Waals surface area contributed by atoms with Crippen LogP contribution in [0.1, 0.15) is 78.1 Å². The summed E-state index contributed by atoms with van der Waals surface area (Å²) in [6.45, 7) is 4.80. The standard InChI is InChI=1S/C32H44F3N5O4/c1-31(2)23-15-40(26(24(23)31)28(42)38-20(14-36)13-18-5-3-4-8-37-27(18)41)29(43)25(39-30(44)32(33,34)35)22-12-17-9-16-6-7-21(22)19(10-16)11-17/h16-26H,3-13,15H2,1-2H3,(H,37,41)(H,38,42)(H,39,44)/t16?,17?,18-,19?,20-,21?,22?,23-,24-,25?,26-/m0/s1. The zero-order valence-electron chi connectivity index (χ0n) is 25.5. The van der Waals surface area contributed by atoms with E-state index in [0.29, 0.717) is 37.1 Å². The first kappa shape index (κ1) is 31.2. The molecule has 6 aliphatic rings. The maximum atomic E-state index is 14.4. The van der Waals surface area contributed by atoms with Gasteiger partial charge in [-0.15, -0.1) is 0 Å². The Morgan fingerprint density at radius 2 is 1.82 bits per heavy atom. The van der Waals surface area contributed by atoms with E-state index in [1.165, 1.54) is 4.90 Å². The third-order valence-electron chi connectivity index (χ3n) is 12.2. The normalized spacial score (nSPS) is 38.3. The molecule has 3 N–H and O–H groups in total. The highest BCUT2D eigenvalue weighted by molar-refractivity contribution is 5.94. The van der Waals surface area contributed by atoms with Crippen LogP contribution in [0.5, 0.6) is 0 Å². The number of hydrogen-bond acceptors (Lipinski definition) is 5. The van der Waals surface area contributed by atoms with Crippen LogP contribution in [-0.2, 0) is 19.2 Å². The molecule has 2 heterocycles. The lowest BCUT2D eigenvalue weighted by Gasteiger charge is -2.53. The van der Waals surface area contributed by atoms with Gasteiger partial charge in [0, 0.05) is 19.0 Å². The maximum Gasteiger partial charge on any atom is 0.471 e. The van der Waals surface area contributed by atoms with E-state index in [9.17, 15) is 37.6 Å². The summed E-state index contributed by atoms with van der Waals surface area (Å²) < 4.78 is 40.7. The molecule has 44 heavy (non-hydrogen) atoms. The fraction of sp³-hybridized carbons (Fsp3) is 0.844. The van der Waals surface area contributed by atoms with E-state index in [-0.39, 0.29) is 42.0 Å². The highest BCUT2D eigenvalue weighted by Crippen LogP contribution is 2.65. The van der Waals surface area contributed by atoms with Gasteiger partial charge in [0.25, 0.3) is 0 Å². The van der Waals surface area contributed by atoms with Crippen LogP contribution in [0, 0.1) is 64.1 Å². The van der Waals surface area contributed by atoms with Gasteiger partial charge < -0.3 is 20.9 Å². The first-order valence-electron chi connectivity index (χ1n) is 16.5. The predicted octanol–water partition coefficient (Wildman–Crippen LogP) is 3.29. The molecule has 0 aromatic heterocycles. The summed E-state index contributed by atoms with van der Waals surface area (Å²) in [4.78, 5) is 54.5. The summed E-state index contributed by atoms with van der Waals surface area (Å²) in [7, 11) is 0. The molecule has 12 heteroatoms. The number of hydrogen-bond donors (Lipinski definition) is 3. The van der Waals surface area contributed by atoms with Crippen molar-refractivity contribution in [3.63, 3.8) is 0 Å². The second kappa shape index (κ2) is 11.5. The van der Waals surface area contributed by atoms with Crippen LogP contribution in [0.4, 0.5) is 13.2 Å². The Kier molecular flexibility index (Phi) is 8.15. The van der Waals surface area contributed by atoms with Crippen molar-refractivity contribution in [3.8, 4) is 6.07 Å². The molecule has 2 aliphatic heterocycles. The monoisotopic (exact) mass is 619 g/mol. The molecule has 4 amide bonds. The van der Waals surface area contributed by atoms with Crippen LogP contribution in [-0.4, -0.2) is 65.9 Å². The van der Waals surface area contributed by atoms with Gasteiger partial charge >= 0.3 is 12.1 Å². The number of likely N-dealkylation sites (tertiary alicyclic amines) is 1. The number of rotatable bonds is 7. The van der Waals surface area contributed by atoms with Gasteiger partial charge in [-0.3, -0.25) is 19.2 Å². The average molecular weight is 620 g/mol. The second-order valence-electron chi connectivity index (χ2n) is 15.1. The van der Waals surface area contributed by atoms with E-state index in [2.05, 4.69) is 22.0 Å². The molecule has 0 aromatic carbocycles. The molecule has 0 spiro atoms. The Morgan fingerprint density at radius 1 is 1.07 bits per heavy atom. The van der Waals surface area contributed by atoms with Crippen molar-refractivity contribution in [2.45, 2.75) is 102 Å². The Bertz CT molecular complexity index is 1230. The summed E-state index contributed by atoms with van der Waals surface area (Å²) in [5.41, 5.74) is -0.257. The number of alkyl halides is 3. The van der Waals surface area contributed by atoms with Crippen LogP contribution >= 0.6 is 0 Å². The van der Waals surface area contributed by atoms with E-state index in [1.807, 2.05) is 13.8 Å². The first-order chi connectivity index (χ1) is 20.8. The molecule has 4 saturated carbocycles. The first-order valence-corrected chi connectivity index (χ1v) is 16.5. The Balaban J connectivity index is 1.24. The number of fused-ring (bicyclic) bond motifs is 3. The fourth-order valence-corrected chi connectivity index (χ4v) is 10.0. The lowest BCUT2D eigenvalue weighted by Crippen LogP contribution is -2.62. The summed E-state index contributed by atoms with van der Waals surface area (Å²) in [5, 5.41) is 17.6. The molecular weight excluding hydrogens is 575 g/mol. The second-order valence-corrected chi connectivity index (χ2v) is 15.1. The molecule has 0 radical (unpaired) electrons. The minimum atomic E-state index is -5.14. The zero-order valence-corrected chi connectivity index (χ0v) is 25.5. The molecule has 4 aliphatic carbocycles.